The Morgan fingerprint density at radius 3 is 0.877 bits per heavy atom. The zero-order chi connectivity index (χ0) is 47.2. The second-order valence-electron chi connectivity index (χ2n) is 18.5. The van der Waals surface area contributed by atoms with Crippen molar-refractivity contribution in [3.8, 4) is 0 Å². The molecule has 65 heavy (non-hydrogen) atoms. The van der Waals surface area contributed by atoms with Gasteiger partial charge in [-0.3, -0.25) is 14.4 Å². The van der Waals surface area contributed by atoms with E-state index in [9.17, 15) is 14.4 Å². The molecule has 0 saturated heterocycles. The lowest BCUT2D eigenvalue weighted by Crippen LogP contribution is -2.30. The summed E-state index contributed by atoms with van der Waals surface area (Å²) < 4.78 is 16.7. The second-order valence-corrected chi connectivity index (χ2v) is 18.5. The molecule has 0 aliphatic rings. The van der Waals surface area contributed by atoms with Gasteiger partial charge >= 0.3 is 17.9 Å². The number of esters is 3. The van der Waals surface area contributed by atoms with Crippen LogP contribution in [0.25, 0.3) is 0 Å². The largest absolute Gasteiger partial charge is 0.462 e. The monoisotopic (exact) mass is 909 g/mol. The van der Waals surface area contributed by atoms with Gasteiger partial charge in [-0.15, -0.1) is 0 Å². The molecule has 0 bridgehead atoms. The quantitative estimate of drug-likeness (QED) is 0.0262. The van der Waals surface area contributed by atoms with Crippen LogP contribution in [0.2, 0.25) is 0 Å². The highest BCUT2D eigenvalue weighted by molar-refractivity contribution is 5.72. The van der Waals surface area contributed by atoms with Crippen molar-refractivity contribution in [2.24, 2.45) is 0 Å². The summed E-state index contributed by atoms with van der Waals surface area (Å²) in [5, 5.41) is 0. The Kier molecular flexibility index (Phi) is 51.3. The number of rotatable bonds is 50. The molecule has 6 heteroatoms. The summed E-state index contributed by atoms with van der Waals surface area (Å²) in [4.78, 5) is 37.9. The molecule has 0 saturated carbocycles. The average Bonchev–Trinajstić information content (AvgIpc) is 3.30. The van der Waals surface area contributed by atoms with Crippen LogP contribution >= 0.6 is 0 Å². The summed E-state index contributed by atoms with van der Waals surface area (Å²) >= 11 is 0. The van der Waals surface area contributed by atoms with Gasteiger partial charge in [0.1, 0.15) is 13.2 Å². The minimum Gasteiger partial charge on any atom is -0.462 e. The van der Waals surface area contributed by atoms with Crippen LogP contribution in [0.5, 0.6) is 0 Å². The lowest BCUT2D eigenvalue weighted by atomic mass is 10.0. The van der Waals surface area contributed by atoms with Gasteiger partial charge in [0.05, 0.1) is 6.42 Å². The van der Waals surface area contributed by atoms with E-state index in [0.717, 1.165) is 70.6 Å². The van der Waals surface area contributed by atoms with E-state index in [4.69, 9.17) is 14.2 Å². The van der Waals surface area contributed by atoms with Crippen molar-refractivity contribution < 1.29 is 28.6 Å². The number of carbonyl (C=O) groups is 3. The molecule has 376 valence electrons. The molecule has 0 aromatic heterocycles. The SMILES string of the molecule is CC/C=C\C/C=C\C/C=C\C/C=C\C/C=C\CC(=O)OC(COC(=O)CCCCCCCCCCC)COC(=O)CCCCCCCCCCCCCCCCCCCCCCCCC. The smallest absolute Gasteiger partial charge is 0.310 e. The Bertz CT molecular complexity index is 1180. The maximum atomic E-state index is 12.7. The van der Waals surface area contributed by atoms with Crippen molar-refractivity contribution in [2.75, 3.05) is 13.2 Å². The highest BCUT2D eigenvalue weighted by Crippen LogP contribution is 2.17. The standard InChI is InChI=1S/C59H104O6/c1-4-7-10-13-16-19-21-23-25-26-27-28-29-30-31-32-34-35-37-40-43-46-49-52-58(61)64-55-56(54-63-57(60)51-48-45-42-39-18-15-12-9-6-3)65-59(62)53-50-47-44-41-38-36-33-24-22-20-17-14-11-8-5-2/h8,11,17,20,24,33,38,41,47,50,56H,4-7,9-10,12-16,18-19,21-23,25-32,34-37,39-40,42-46,48-49,51-55H2,1-3H3/b11-8-,20-17-,33-24-,41-38-,50-47-. The van der Waals surface area contributed by atoms with E-state index in [2.05, 4.69) is 69.4 Å². The van der Waals surface area contributed by atoms with Gasteiger partial charge in [0.25, 0.3) is 0 Å². The molecule has 0 aromatic rings. The van der Waals surface area contributed by atoms with Crippen LogP contribution < -0.4 is 0 Å². The molecule has 0 aromatic carbocycles. The van der Waals surface area contributed by atoms with Crippen molar-refractivity contribution in [3.05, 3.63) is 60.8 Å². The number of unbranched alkanes of at least 4 members (excludes halogenated alkanes) is 30. The molecule has 1 unspecified atom stereocenters. The van der Waals surface area contributed by atoms with Crippen molar-refractivity contribution in [3.63, 3.8) is 0 Å². The van der Waals surface area contributed by atoms with E-state index in [1.807, 2.05) is 6.08 Å². The van der Waals surface area contributed by atoms with Crippen LogP contribution in [-0.4, -0.2) is 37.2 Å². The van der Waals surface area contributed by atoms with Crippen LogP contribution in [0.3, 0.4) is 0 Å². The molecule has 0 fully saturated rings. The molecule has 0 radical (unpaired) electrons. The third-order valence-corrected chi connectivity index (χ3v) is 12.1. The fourth-order valence-electron chi connectivity index (χ4n) is 7.93. The number of hydrogen-bond donors (Lipinski definition) is 0. The first-order valence-corrected chi connectivity index (χ1v) is 27.8. The van der Waals surface area contributed by atoms with E-state index >= 15 is 0 Å². The Labute approximate surface area is 402 Å². The van der Waals surface area contributed by atoms with Crippen molar-refractivity contribution in [2.45, 2.75) is 284 Å². The number of ether oxygens (including phenoxy) is 3. The van der Waals surface area contributed by atoms with Crippen molar-refractivity contribution >= 4 is 17.9 Å². The van der Waals surface area contributed by atoms with Crippen LogP contribution in [0, 0.1) is 0 Å². The van der Waals surface area contributed by atoms with Crippen LogP contribution in [0.15, 0.2) is 60.8 Å². The Morgan fingerprint density at radius 2 is 0.585 bits per heavy atom. The number of carbonyl (C=O) groups excluding carboxylic acids is 3. The van der Waals surface area contributed by atoms with Gasteiger partial charge in [-0.1, -0.05) is 274 Å². The van der Waals surface area contributed by atoms with Gasteiger partial charge in [0, 0.05) is 12.8 Å². The summed E-state index contributed by atoms with van der Waals surface area (Å²) in [6, 6.07) is 0. The first-order valence-electron chi connectivity index (χ1n) is 27.8. The zero-order valence-corrected chi connectivity index (χ0v) is 43.0. The molecule has 0 N–H and O–H groups in total. The lowest BCUT2D eigenvalue weighted by molar-refractivity contribution is -0.166. The summed E-state index contributed by atoms with van der Waals surface area (Å²) in [5.41, 5.74) is 0. The highest BCUT2D eigenvalue weighted by atomic mass is 16.6. The number of allylic oxidation sites excluding steroid dienone is 9. The van der Waals surface area contributed by atoms with Gasteiger partial charge in [-0.2, -0.15) is 0 Å². The Morgan fingerprint density at radius 1 is 0.323 bits per heavy atom. The summed E-state index contributed by atoms with van der Waals surface area (Å²) in [6.07, 6.45) is 66.9. The molecule has 0 spiro atoms. The summed E-state index contributed by atoms with van der Waals surface area (Å²) in [7, 11) is 0. The number of hydrogen-bond acceptors (Lipinski definition) is 6. The van der Waals surface area contributed by atoms with Crippen molar-refractivity contribution in [1.82, 2.24) is 0 Å². The van der Waals surface area contributed by atoms with E-state index in [-0.39, 0.29) is 31.6 Å². The lowest BCUT2D eigenvalue weighted by Gasteiger charge is -2.18. The molecule has 1 atom stereocenters. The maximum absolute atomic E-state index is 12.7. The predicted octanol–water partition coefficient (Wildman–Crippen LogP) is 18.4. The fourth-order valence-corrected chi connectivity index (χ4v) is 7.93. The summed E-state index contributed by atoms with van der Waals surface area (Å²) in [5.74, 6) is -1.03. The molecule has 6 nitrogen and oxygen atoms in total. The minimum absolute atomic E-state index is 0.101. The first-order chi connectivity index (χ1) is 32.0. The second kappa shape index (κ2) is 53.7. The van der Waals surface area contributed by atoms with Gasteiger partial charge in [0.15, 0.2) is 6.10 Å². The van der Waals surface area contributed by atoms with Gasteiger partial charge < -0.3 is 14.2 Å². The molecular formula is C59H104O6. The third-order valence-electron chi connectivity index (χ3n) is 12.1. The highest BCUT2D eigenvalue weighted by Gasteiger charge is 2.19. The van der Waals surface area contributed by atoms with Gasteiger partial charge in [0.2, 0.25) is 0 Å². The third kappa shape index (κ3) is 51.9. The van der Waals surface area contributed by atoms with E-state index < -0.39 is 12.1 Å². The molecular weight excluding hydrogens is 805 g/mol. The predicted molar refractivity (Wildman–Crippen MR) is 279 cm³/mol. The Hall–Kier alpha value is -2.89. The van der Waals surface area contributed by atoms with Crippen LogP contribution in [0.4, 0.5) is 0 Å². The van der Waals surface area contributed by atoms with E-state index in [1.54, 1.807) is 6.08 Å². The molecule has 0 rings (SSSR count). The zero-order valence-electron chi connectivity index (χ0n) is 43.0. The maximum Gasteiger partial charge on any atom is 0.310 e. The van der Waals surface area contributed by atoms with Gasteiger partial charge in [-0.25, -0.2) is 0 Å². The minimum atomic E-state index is -0.823. The molecule has 0 aliphatic heterocycles. The topological polar surface area (TPSA) is 78.9 Å². The van der Waals surface area contributed by atoms with E-state index in [0.29, 0.717) is 12.8 Å². The van der Waals surface area contributed by atoms with Gasteiger partial charge in [-0.05, 0) is 44.9 Å². The Balaban J connectivity index is 4.28. The first kappa shape index (κ1) is 62.1. The van der Waals surface area contributed by atoms with Crippen LogP contribution in [-0.2, 0) is 28.6 Å². The van der Waals surface area contributed by atoms with E-state index in [1.165, 1.54) is 167 Å². The summed E-state index contributed by atoms with van der Waals surface area (Å²) in [6.45, 7) is 6.44. The van der Waals surface area contributed by atoms with Crippen LogP contribution in [0.1, 0.15) is 278 Å². The molecule has 0 amide bonds. The fraction of sp³-hybridized carbons (Fsp3) is 0.780. The average molecular weight is 909 g/mol. The molecule has 0 heterocycles. The van der Waals surface area contributed by atoms with Crippen molar-refractivity contribution in [1.29, 1.82) is 0 Å². The normalized spacial score (nSPS) is 12.5. The molecule has 0 aliphatic carbocycles.